The zero-order valence-electron chi connectivity index (χ0n) is 13.0. The third-order valence-electron chi connectivity index (χ3n) is 3.56. The van der Waals surface area contributed by atoms with Crippen LogP contribution in [0, 0.1) is 0 Å². The lowest BCUT2D eigenvalue weighted by atomic mass is 10.3. The predicted molar refractivity (Wildman–Crippen MR) is 89.8 cm³/mol. The molecule has 0 aliphatic rings. The van der Waals surface area contributed by atoms with Gasteiger partial charge in [-0.3, -0.25) is 0 Å². The van der Waals surface area contributed by atoms with Gasteiger partial charge in [0.05, 0.1) is 29.4 Å². The van der Waals surface area contributed by atoms with Crippen molar-refractivity contribution in [1.29, 1.82) is 0 Å². The van der Waals surface area contributed by atoms with Gasteiger partial charge in [0, 0.05) is 23.9 Å². The van der Waals surface area contributed by atoms with E-state index < -0.39 is 0 Å². The lowest BCUT2D eigenvalue weighted by molar-refractivity contribution is -0.138. The molecule has 0 aliphatic heterocycles. The van der Waals surface area contributed by atoms with Crippen LogP contribution in [-0.2, 0) is 16.0 Å². The van der Waals surface area contributed by atoms with Crippen LogP contribution in [0.4, 0.5) is 0 Å². The molecule has 3 N–H and O–H groups in total. The maximum Gasteiger partial charge on any atom is 0.333 e. The smallest absolute Gasteiger partial charge is 0.333 e. The minimum absolute atomic E-state index is 0.337. The molecule has 23 heavy (non-hydrogen) atoms. The van der Waals surface area contributed by atoms with Crippen molar-refractivity contribution in [2.45, 2.75) is 13.3 Å². The monoisotopic (exact) mass is 309 g/mol. The van der Waals surface area contributed by atoms with E-state index >= 15 is 0 Å². The number of esters is 1. The van der Waals surface area contributed by atoms with Gasteiger partial charge in [-0.15, -0.1) is 0 Å². The van der Waals surface area contributed by atoms with Gasteiger partial charge in [0.1, 0.15) is 0 Å². The summed E-state index contributed by atoms with van der Waals surface area (Å²) in [6.07, 6.45) is 2.54. The maximum atomic E-state index is 11.3. The molecule has 0 radical (unpaired) electrons. The Balaban J connectivity index is 1.63. The first-order valence-electron chi connectivity index (χ1n) is 7.47. The summed E-state index contributed by atoms with van der Waals surface area (Å²) in [6.45, 7) is 5.54. The van der Waals surface area contributed by atoms with E-state index in [1.807, 2.05) is 42.6 Å². The van der Waals surface area contributed by atoms with E-state index in [1.165, 1.54) is 0 Å². The van der Waals surface area contributed by atoms with Gasteiger partial charge in [0.2, 0.25) is 0 Å². The van der Waals surface area contributed by atoms with Crippen molar-refractivity contribution >= 4 is 5.97 Å². The molecular formula is C18H19N3O2. The molecule has 3 rings (SSSR count). The van der Waals surface area contributed by atoms with Crippen molar-refractivity contribution in [1.82, 2.24) is 15.0 Å². The summed E-state index contributed by atoms with van der Waals surface area (Å²) in [5.74, 6) is -0.350. The van der Waals surface area contributed by atoms with Crippen LogP contribution in [0.1, 0.15) is 12.6 Å². The average molecular weight is 309 g/mol. The Labute approximate surface area is 134 Å². The third-order valence-corrected chi connectivity index (χ3v) is 3.56. The van der Waals surface area contributed by atoms with Crippen LogP contribution in [-0.4, -0.2) is 27.5 Å². The molecular weight excluding hydrogens is 290 g/mol. The van der Waals surface area contributed by atoms with E-state index in [0.717, 1.165) is 28.5 Å². The average Bonchev–Trinajstić information content (AvgIpc) is 3.27. The van der Waals surface area contributed by atoms with Crippen molar-refractivity contribution in [2.75, 3.05) is 6.61 Å². The van der Waals surface area contributed by atoms with Crippen LogP contribution in [0.15, 0.2) is 54.7 Å². The van der Waals surface area contributed by atoms with Gasteiger partial charge in [0.25, 0.3) is 0 Å². The van der Waals surface area contributed by atoms with E-state index in [0.29, 0.717) is 18.6 Å². The first kappa shape index (κ1) is 15.0. The van der Waals surface area contributed by atoms with Crippen molar-refractivity contribution in [2.24, 2.45) is 0 Å². The van der Waals surface area contributed by atoms with Crippen molar-refractivity contribution in [3.8, 4) is 22.8 Å². The topological polar surface area (TPSA) is 73.7 Å². The number of rotatable bonds is 6. The highest BCUT2D eigenvalue weighted by molar-refractivity contribution is 5.86. The Morgan fingerprint density at radius 1 is 1.04 bits per heavy atom. The van der Waals surface area contributed by atoms with E-state index in [4.69, 9.17) is 4.74 Å². The predicted octanol–water partition coefficient (Wildman–Crippen LogP) is 3.67. The molecule has 0 aliphatic carbocycles. The summed E-state index contributed by atoms with van der Waals surface area (Å²) in [6, 6.07) is 12.1. The Morgan fingerprint density at radius 2 is 1.74 bits per heavy atom. The standard InChI is InChI=1S/C18H19N3O2/c1-12(2)18(22)23-11-9-13-5-6-16(20-13)17-8-7-15(21-17)14-4-3-10-19-14/h3-8,10,19-21H,1,9,11H2,2H3. The van der Waals surface area contributed by atoms with Gasteiger partial charge in [-0.05, 0) is 43.3 Å². The molecule has 0 spiro atoms. The molecule has 0 atom stereocenters. The number of hydrogen-bond acceptors (Lipinski definition) is 2. The van der Waals surface area contributed by atoms with Crippen LogP contribution in [0.25, 0.3) is 22.8 Å². The second-order valence-electron chi connectivity index (χ2n) is 5.43. The third kappa shape index (κ3) is 3.45. The molecule has 0 bridgehead atoms. The zero-order valence-corrected chi connectivity index (χ0v) is 13.0. The molecule has 5 heteroatoms. The number of H-pyrrole nitrogens is 3. The van der Waals surface area contributed by atoms with Crippen LogP contribution >= 0.6 is 0 Å². The lowest BCUT2D eigenvalue weighted by Crippen LogP contribution is -2.08. The fourth-order valence-corrected chi connectivity index (χ4v) is 2.33. The second kappa shape index (κ2) is 6.44. The van der Waals surface area contributed by atoms with Gasteiger partial charge in [-0.2, -0.15) is 0 Å². The highest BCUT2D eigenvalue weighted by atomic mass is 16.5. The number of nitrogens with one attached hydrogen (secondary N) is 3. The quantitative estimate of drug-likeness (QED) is 0.480. The van der Waals surface area contributed by atoms with E-state index in [1.54, 1.807) is 6.92 Å². The molecule has 0 saturated heterocycles. The molecule has 5 nitrogen and oxygen atoms in total. The summed E-state index contributed by atoms with van der Waals surface area (Å²) in [7, 11) is 0. The minimum atomic E-state index is -0.350. The number of aromatic nitrogens is 3. The fraction of sp³-hybridized carbons (Fsp3) is 0.167. The molecule has 0 unspecified atom stereocenters. The van der Waals surface area contributed by atoms with Gasteiger partial charge in [-0.1, -0.05) is 6.58 Å². The Morgan fingerprint density at radius 3 is 2.43 bits per heavy atom. The highest BCUT2D eigenvalue weighted by Crippen LogP contribution is 2.23. The summed E-state index contributed by atoms with van der Waals surface area (Å²) in [5.41, 5.74) is 5.54. The first-order chi connectivity index (χ1) is 11.1. The maximum absolute atomic E-state index is 11.3. The number of aromatic amines is 3. The Bertz CT molecular complexity index is 809. The van der Waals surface area contributed by atoms with Crippen LogP contribution in [0.2, 0.25) is 0 Å². The normalized spacial score (nSPS) is 10.7. The number of ether oxygens (including phenoxy) is 1. The fourth-order valence-electron chi connectivity index (χ4n) is 2.33. The molecule has 118 valence electrons. The zero-order chi connectivity index (χ0) is 16.2. The summed E-state index contributed by atoms with van der Waals surface area (Å²) >= 11 is 0. The molecule has 0 saturated carbocycles. The number of carbonyl (C=O) groups is 1. The SMILES string of the molecule is C=C(C)C(=O)OCCc1ccc(-c2ccc(-c3ccc[nH]3)[nH]2)[nH]1. The minimum Gasteiger partial charge on any atom is -0.462 e. The summed E-state index contributed by atoms with van der Waals surface area (Å²) in [4.78, 5) is 21.2. The first-order valence-corrected chi connectivity index (χ1v) is 7.47. The number of hydrogen-bond donors (Lipinski definition) is 3. The van der Waals surface area contributed by atoms with Crippen molar-refractivity contribution in [3.63, 3.8) is 0 Å². The molecule has 3 aromatic rings. The second-order valence-corrected chi connectivity index (χ2v) is 5.43. The van der Waals surface area contributed by atoms with Gasteiger partial charge >= 0.3 is 5.97 Å². The largest absolute Gasteiger partial charge is 0.462 e. The van der Waals surface area contributed by atoms with Crippen molar-refractivity contribution < 1.29 is 9.53 Å². The van der Waals surface area contributed by atoms with Gasteiger partial charge in [-0.25, -0.2) is 4.79 Å². The molecule has 3 heterocycles. The van der Waals surface area contributed by atoms with Crippen LogP contribution in [0.5, 0.6) is 0 Å². The van der Waals surface area contributed by atoms with E-state index in [9.17, 15) is 4.79 Å². The lowest BCUT2D eigenvalue weighted by Gasteiger charge is -2.02. The summed E-state index contributed by atoms with van der Waals surface area (Å²) < 4.78 is 5.11. The molecule has 0 fully saturated rings. The van der Waals surface area contributed by atoms with E-state index in [-0.39, 0.29) is 5.97 Å². The molecule has 3 aromatic heterocycles. The highest BCUT2D eigenvalue weighted by Gasteiger charge is 2.07. The van der Waals surface area contributed by atoms with Crippen molar-refractivity contribution in [3.05, 3.63) is 60.4 Å². The van der Waals surface area contributed by atoms with E-state index in [2.05, 4.69) is 21.5 Å². The summed E-state index contributed by atoms with van der Waals surface area (Å²) in [5, 5.41) is 0. The Kier molecular flexibility index (Phi) is 4.19. The van der Waals surface area contributed by atoms with Crippen LogP contribution < -0.4 is 0 Å². The van der Waals surface area contributed by atoms with Crippen LogP contribution in [0.3, 0.4) is 0 Å². The van der Waals surface area contributed by atoms with Gasteiger partial charge < -0.3 is 19.7 Å². The van der Waals surface area contributed by atoms with Gasteiger partial charge in [0.15, 0.2) is 0 Å². The Hall–Kier alpha value is -2.95. The molecule has 0 aromatic carbocycles. The molecule has 0 amide bonds. The number of carbonyl (C=O) groups excluding carboxylic acids is 1.